The van der Waals surface area contributed by atoms with Gasteiger partial charge in [-0.05, 0) is 13.8 Å². The zero-order chi connectivity index (χ0) is 11.0. The Hall–Kier alpha value is -1.58. The first kappa shape index (κ1) is 12.4. The largest absolute Gasteiger partial charge is 0.480 e. The summed E-state index contributed by atoms with van der Waals surface area (Å²) in [6.07, 6.45) is 6.45. The third-order valence-electron chi connectivity index (χ3n) is 1.56. The van der Waals surface area contributed by atoms with Gasteiger partial charge in [0.05, 0.1) is 0 Å². The van der Waals surface area contributed by atoms with Crippen molar-refractivity contribution < 1.29 is 14.7 Å². The van der Waals surface area contributed by atoms with Crippen LogP contribution in [0.4, 0.5) is 0 Å². The van der Waals surface area contributed by atoms with E-state index in [4.69, 9.17) is 5.11 Å². The molecule has 78 valence electrons. The molecule has 0 aromatic carbocycles. The van der Waals surface area contributed by atoms with Crippen LogP contribution in [0.1, 0.15) is 13.8 Å². The van der Waals surface area contributed by atoms with Gasteiger partial charge in [0.15, 0.2) is 0 Å². The van der Waals surface area contributed by atoms with E-state index in [2.05, 4.69) is 0 Å². The molecule has 0 fully saturated rings. The molecule has 0 rings (SSSR count). The standard InChI is InChI=1S/C10H15NO3/c1-3-5-6-7-9(12)11(4-2)8-10(13)14/h3,5-7H,4,8H2,1-2H3,(H,13,14)/b5-3+,7-6+. The zero-order valence-electron chi connectivity index (χ0n) is 8.43. The van der Waals surface area contributed by atoms with Gasteiger partial charge >= 0.3 is 5.97 Å². The Morgan fingerprint density at radius 3 is 2.43 bits per heavy atom. The lowest BCUT2D eigenvalue weighted by atomic mass is 10.4. The molecule has 1 amide bonds. The highest BCUT2D eigenvalue weighted by Gasteiger charge is 2.11. The third-order valence-corrected chi connectivity index (χ3v) is 1.56. The minimum Gasteiger partial charge on any atom is -0.480 e. The van der Waals surface area contributed by atoms with E-state index in [0.29, 0.717) is 6.54 Å². The van der Waals surface area contributed by atoms with Crippen LogP contribution in [-0.2, 0) is 9.59 Å². The summed E-state index contributed by atoms with van der Waals surface area (Å²) in [7, 11) is 0. The molecular weight excluding hydrogens is 182 g/mol. The van der Waals surface area contributed by atoms with Gasteiger partial charge in [0, 0.05) is 12.6 Å². The van der Waals surface area contributed by atoms with Crippen LogP contribution in [0.25, 0.3) is 0 Å². The molecule has 0 aliphatic rings. The van der Waals surface area contributed by atoms with Gasteiger partial charge in [-0.3, -0.25) is 9.59 Å². The second kappa shape index (κ2) is 6.88. The second-order valence-electron chi connectivity index (χ2n) is 2.63. The number of likely N-dealkylation sites (N-methyl/N-ethyl adjacent to an activating group) is 1. The molecule has 0 atom stereocenters. The normalized spacial score (nSPS) is 11.0. The zero-order valence-corrected chi connectivity index (χ0v) is 8.43. The number of nitrogens with zero attached hydrogens (tertiary/aromatic N) is 1. The lowest BCUT2D eigenvalue weighted by Crippen LogP contribution is -2.34. The number of rotatable bonds is 5. The first-order chi connectivity index (χ1) is 6.61. The van der Waals surface area contributed by atoms with Crippen molar-refractivity contribution in [2.24, 2.45) is 0 Å². The SMILES string of the molecule is C/C=C/C=C/C(=O)N(CC)CC(=O)O. The highest BCUT2D eigenvalue weighted by atomic mass is 16.4. The molecule has 0 aromatic rings. The average molecular weight is 197 g/mol. The summed E-state index contributed by atoms with van der Waals surface area (Å²) in [6, 6.07) is 0. The van der Waals surface area contributed by atoms with E-state index in [9.17, 15) is 9.59 Å². The molecule has 0 radical (unpaired) electrons. The van der Waals surface area contributed by atoms with Crippen molar-refractivity contribution in [3.63, 3.8) is 0 Å². The van der Waals surface area contributed by atoms with Crippen LogP contribution in [0.3, 0.4) is 0 Å². The molecule has 0 aliphatic heterocycles. The van der Waals surface area contributed by atoms with Crippen LogP contribution in [-0.4, -0.2) is 35.0 Å². The summed E-state index contributed by atoms with van der Waals surface area (Å²) >= 11 is 0. The fourth-order valence-corrected chi connectivity index (χ4v) is 0.863. The number of carboxylic acid groups (broad SMARTS) is 1. The summed E-state index contributed by atoms with van der Waals surface area (Å²) in [5.74, 6) is -1.28. The van der Waals surface area contributed by atoms with Crippen LogP contribution in [0.15, 0.2) is 24.3 Å². The summed E-state index contributed by atoms with van der Waals surface area (Å²) in [4.78, 5) is 22.9. The number of carbonyl (C=O) groups excluding carboxylic acids is 1. The highest BCUT2D eigenvalue weighted by molar-refractivity contribution is 5.90. The maximum atomic E-state index is 11.3. The van der Waals surface area contributed by atoms with Gasteiger partial charge < -0.3 is 10.0 Å². The summed E-state index contributed by atoms with van der Waals surface area (Å²) < 4.78 is 0. The van der Waals surface area contributed by atoms with Crippen molar-refractivity contribution in [2.45, 2.75) is 13.8 Å². The van der Waals surface area contributed by atoms with Crippen molar-refractivity contribution in [1.29, 1.82) is 0 Å². The predicted octanol–water partition coefficient (Wildman–Crippen LogP) is 1.05. The smallest absolute Gasteiger partial charge is 0.323 e. The van der Waals surface area contributed by atoms with Crippen molar-refractivity contribution in [1.82, 2.24) is 4.90 Å². The fourth-order valence-electron chi connectivity index (χ4n) is 0.863. The summed E-state index contributed by atoms with van der Waals surface area (Å²) in [6.45, 7) is 3.72. The van der Waals surface area contributed by atoms with Crippen molar-refractivity contribution in [2.75, 3.05) is 13.1 Å². The van der Waals surface area contributed by atoms with E-state index in [0.717, 1.165) is 0 Å². The molecule has 14 heavy (non-hydrogen) atoms. The monoisotopic (exact) mass is 197 g/mol. The molecule has 0 saturated heterocycles. The van der Waals surface area contributed by atoms with Gasteiger partial charge in [-0.15, -0.1) is 0 Å². The summed E-state index contributed by atoms with van der Waals surface area (Å²) in [5, 5.41) is 8.50. The van der Waals surface area contributed by atoms with Gasteiger partial charge in [-0.1, -0.05) is 18.2 Å². The minimum atomic E-state index is -1.00. The molecule has 0 aromatic heterocycles. The van der Waals surface area contributed by atoms with Crippen molar-refractivity contribution >= 4 is 11.9 Å². The lowest BCUT2D eigenvalue weighted by molar-refractivity contribution is -0.142. The minimum absolute atomic E-state index is 0.254. The Morgan fingerprint density at radius 2 is 2.00 bits per heavy atom. The second-order valence-corrected chi connectivity index (χ2v) is 2.63. The molecule has 0 saturated carbocycles. The highest BCUT2D eigenvalue weighted by Crippen LogP contribution is 1.91. The molecule has 0 bridgehead atoms. The van der Waals surface area contributed by atoms with Crippen LogP contribution in [0.5, 0.6) is 0 Å². The van der Waals surface area contributed by atoms with Gasteiger partial charge in [0.1, 0.15) is 6.54 Å². The van der Waals surface area contributed by atoms with Gasteiger partial charge in [0.2, 0.25) is 5.91 Å². The van der Waals surface area contributed by atoms with E-state index < -0.39 is 5.97 Å². The van der Waals surface area contributed by atoms with Crippen LogP contribution >= 0.6 is 0 Å². The molecule has 0 heterocycles. The van der Waals surface area contributed by atoms with Crippen molar-refractivity contribution in [3.05, 3.63) is 24.3 Å². The summed E-state index contributed by atoms with van der Waals surface area (Å²) in [5.41, 5.74) is 0. The van der Waals surface area contributed by atoms with Crippen LogP contribution < -0.4 is 0 Å². The molecule has 0 aliphatic carbocycles. The average Bonchev–Trinajstić information content (AvgIpc) is 2.14. The third kappa shape index (κ3) is 5.13. The Labute approximate surface area is 83.5 Å². The number of carbonyl (C=O) groups is 2. The van der Waals surface area contributed by atoms with Gasteiger partial charge in [-0.2, -0.15) is 0 Å². The Balaban J connectivity index is 4.24. The Bertz CT molecular complexity index is 256. The number of allylic oxidation sites excluding steroid dienone is 3. The fraction of sp³-hybridized carbons (Fsp3) is 0.400. The number of aliphatic carboxylic acids is 1. The van der Waals surface area contributed by atoms with Crippen LogP contribution in [0, 0.1) is 0 Å². The van der Waals surface area contributed by atoms with Gasteiger partial charge in [0.25, 0.3) is 0 Å². The van der Waals surface area contributed by atoms with Crippen molar-refractivity contribution in [3.8, 4) is 0 Å². The lowest BCUT2D eigenvalue weighted by Gasteiger charge is -2.15. The van der Waals surface area contributed by atoms with E-state index in [1.165, 1.54) is 11.0 Å². The predicted molar refractivity (Wildman–Crippen MR) is 53.8 cm³/mol. The van der Waals surface area contributed by atoms with Crippen LogP contribution in [0.2, 0.25) is 0 Å². The molecular formula is C10H15NO3. The first-order valence-electron chi connectivity index (χ1n) is 4.41. The number of hydrogen-bond donors (Lipinski definition) is 1. The van der Waals surface area contributed by atoms with E-state index in [1.54, 1.807) is 25.2 Å². The van der Waals surface area contributed by atoms with E-state index >= 15 is 0 Å². The van der Waals surface area contributed by atoms with E-state index in [-0.39, 0.29) is 12.5 Å². The van der Waals surface area contributed by atoms with E-state index in [1.807, 2.05) is 6.92 Å². The molecule has 4 nitrogen and oxygen atoms in total. The number of carboxylic acids is 1. The Kier molecular flexibility index (Phi) is 6.11. The topological polar surface area (TPSA) is 57.6 Å². The quantitative estimate of drug-likeness (QED) is 0.529. The molecule has 0 unspecified atom stereocenters. The maximum absolute atomic E-state index is 11.3. The van der Waals surface area contributed by atoms with Gasteiger partial charge in [-0.25, -0.2) is 0 Å². The maximum Gasteiger partial charge on any atom is 0.323 e. The Morgan fingerprint density at radius 1 is 1.36 bits per heavy atom. The molecule has 1 N–H and O–H groups in total. The molecule has 4 heteroatoms. The number of amides is 1. The first-order valence-corrected chi connectivity index (χ1v) is 4.41. The molecule has 0 spiro atoms. The number of hydrogen-bond acceptors (Lipinski definition) is 2.